The average molecular weight is 552 g/mol. The second kappa shape index (κ2) is 10.3. The molecule has 0 spiro atoms. The van der Waals surface area contributed by atoms with Gasteiger partial charge in [-0.3, -0.25) is 9.69 Å². The molecule has 0 aliphatic carbocycles. The number of thiazole rings is 1. The molecule has 0 radical (unpaired) electrons. The van der Waals surface area contributed by atoms with Crippen LogP contribution < -0.4 is 4.90 Å². The van der Waals surface area contributed by atoms with Crippen molar-refractivity contribution in [2.24, 2.45) is 5.92 Å². The van der Waals surface area contributed by atoms with Gasteiger partial charge in [-0.25, -0.2) is 17.8 Å². The van der Waals surface area contributed by atoms with Crippen LogP contribution in [0, 0.1) is 18.7 Å². The van der Waals surface area contributed by atoms with Crippen LogP contribution in [0.2, 0.25) is 5.02 Å². The lowest BCUT2D eigenvalue weighted by atomic mass is 9.96. The fourth-order valence-electron chi connectivity index (χ4n) is 4.87. The number of aromatic nitrogens is 1. The molecule has 1 aromatic heterocycles. The number of carbonyl (C=O) groups excluding carboxylic acids is 1. The van der Waals surface area contributed by atoms with E-state index < -0.39 is 15.8 Å². The molecular weight excluding hydrogens is 525 g/mol. The van der Waals surface area contributed by atoms with Crippen molar-refractivity contribution in [2.75, 3.05) is 31.1 Å². The lowest BCUT2D eigenvalue weighted by Gasteiger charge is -2.33. The van der Waals surface area contributed by atoms with Crippen LogP contribution in [0.1, 0.15) is 31.2 Å². The number of hydrogen-bond acceptors (Lipinski definition) is 6. The molecule has 2 aliphatic rings. The van der Waals surface area contributed by atoms with Crippen LogP contribution in [0.15, 0.2) is 41.3 Å². The van der Waals surface area contributed by atoms with Gasteiger partial charge in [0.25, 0.3) is 0 Å². The van der Waals surface area contributed by atoms with Gasteiger partial charge in [0.15, 0.2) is 5.13 Å². The third-order valence-electron chi connectivity index (χ3n) is 6.80. The first-order valence-electron chi connectivity index (χ1n) is 12.0. The summed E-state index contributed by atoms with van der Waals surface area (Å²) < 4.78 is 48.1. The summed E-state index contributed by atoms with van der Waals surface area (Å²) in [5, 5.41) is 1.22. The number of benzene rings is 2. The second-order valence-electron chi connectivity index (χ2n) is 9.26. The van der Waals surface area contributed by atoms with E-state index in [2.05, 4.69) is 0 Å². The Hall–Kier alpha value is -2.11. The summed E-state index contributed by atoms with van der Waals surface area (Å²) in [6, 6.07) is 9.07. The molecule has 7 nitrogen and oxygen atoms in total. The summed E-state index contributed by atoms with van der Waals surface area (Å²) in [5.74, 6) is -1.23. The molecule has 2 saturated heterocycles. The highest BCUT2D eigenvalue weighted by atomic mass is 35.5. The van der Waals surface area contributed by atoms with Gasteiger partial charge >= 0.3 is 0 Å². The molecule has 2 fully saturated rings. The van der Waals surface area contributed by atoms with Crippen LogP contribution in [-0.4, -0.2) is 56.0 Å². The Morgan fingerprint density at radius 3 is 2.69 bits per heavy atom. The van der Waals surface area contributed by atoms with Crippen molar-refractivity contribution < 1.29 is 22.3 Å². The first-order valence-corrected chi connectivity index (χ1v) is 14.6. The molecule has 2 aliphatic heterocycles. The van der Waals surface area contributed by atoms with Gasteiger partial charge in [-0.15, -0.1) is 0 Å². The van der Waals surface area contributed by atoms with E-state index in [4.69, 9.17) is 21.3 Å². The molecule has 3 heterocycles. The largest absolute Gasteiger partial charge is 0.376 e. The summed E-state index contributed by atoms with van der Waals surface area (Å²) in [4.78, 5) is 19.9. The van der Waals surface area contributed by atoms with Crippen LogP contribution in [0.5, 0.6) is 0 Å². The first-order chi connectivity index (χ1) is 17.2. The fraction of sp³-hybridized carbons (Fsp3) is 0.440. The SMILES string of the molecule is Cc1cc(Cl)cc2sc(N(CC3CCCO3)C(=O)C3CCN(S(=O)(=O)c4ccccc4F)CC3)nc12. The van der Waals surface area contributed by atoms with Gasteiger partial charge in [0.1, 0.15) is 10.7 Å². The number of ether oxygens (including phenoxy) is 1. The van der Waals surface area contributed by atoms with E-state index in [1.807, 2.05) is 19.1 Å². The Morgan fingerprint density at radius 1 is 1.25 bits per heavy atom. The van der Waals surface area contributed by atoms with Crippen LogP contribution in [0.4, 0.5) is 9.52 Å². The molecule has 1 atom stereocenters. The predicted octanol–water partition coefficient (Wildman–Crippen LogP) is 5.01. The highest BCUT2D eigenvalue weighted by molar-refractivity contribution is 7.89. The van der Waals surface area contributed by atoms with Gasteiger partial charge in [0.2, 0.25) is 15.9 Å². The number of nitrogens with zero attached hydrogens (tertiary/aromatic N) is 3. The number of carbonyl (C=O) groups is 1. The van der Waals surface area contributed by atoms with Gasteiger partial charge in [-0.05, 0) is 62.4 Å². The van der Waals surface area contributed by atoms with Crippen molar-refractivity contribution in [3.05, 3.63) is 52.8 Å². The first kappa shape index (κ1) is 25.5. The van der Waals surface area contributed by atoms with E-state index in [0.717, 1.165) is 34.7 Å². The minimum absolute atomic E-state index is 0.0628. The molecule has 1 unspecified atom stereocenters. The third kappa shape index (κ3) is 5.02. The number of anilines is 1. The van der Waals surface area contributed by atoms with E-state index in [-0.39, 0.29) is 35.9 Å². The Labute approximate surface area is 218 Å². The Kier molecular flexibility index (Phi) is 7.33. The molecule has 0 bridgehead atoms. The van der Waals surface area contributed by atoms with Crippen molar-refractivity contribution in [1.82, 2.24) is 9.29 Å². The Morgan fingerprint density at radius 2 is 2.00 bits per heavy atom. The van der Waals surface area contributed by atoms with E-state index in [0.29, 0.717) is 36.1 Å². The zero-order chi connectivity index (χ0) is 25.4. The molecule has 0 N–H and O–H groups in total. The van der Waals surface area contributed by atoms with E-state index in [1.54, 1.807) is 4.90 Å². The summed E-state index contributed by atoms with van der Waals surface area (Å²) in [5.41, 5.74) is 1.76. The van der Waals surface area contributed by atoms with Crippen LogP contribution in [-0.2, 0) is 19.6 Å². The van der Waals surface area contributed by atoms with Gasteiger partial charge in [0, 0.05) is 30.6 Å². The number of hydrogen-bond donors (Lipinski definition) is 0. The number of halogens is 2. The molecular formula is C25H27ClFN3O4S2. The van der Waals surface area contributed by atoms with E-state index >= 15 is 0 Å². The average Bonchev–Trinajstić information content (AvgIpc) is 3.52. The van der Waals surface area contributed by atoms with Gasteiger partial charge < -0.3 is 4.74 Å². The molecule has 11 heteroatoms. The number of sulfonamides is 1. The maximum atomic E-state index is 14.2. The van der Waals surface area contributed by atoms with E-state index in [1.165, 1.54) is 33.8 Å². The number of amides is 1. The van der Waals surface area contributed by atoms with Gasteiger partial charge in [0.05, 0.1) is 22.9 Å². The quantitative estimate of drug-likeness (QED) is 0.430. The van der Waals surface area contributed by atoms with Crippen LogP contribution >= 0.6 is 22.9 Å². The monoisotopic (exact) mass is 551 g/mol. The highest BCUT2D eigenvalue weighted by Gasteiger charge is 2.37. The lowest BCUT2D eigenvalue weighted by Crippen LogP contribution is -2.46. The molecule has 1 amide bonds. The molecule has 0 saturated carbocycles. The van der Waals surface area contributed by atoms with Crippen molar-refractivity contribution >= 4 is 54.2 Å². The van der Waals surface area contributed by atoms with Crippen LogP contribution in [0.3, 0.4) is 0 Å². The number of aryl methyl sites for hydroxylation is 1. The van der Waals surface area contributed by atoms with Crippen molar-refractivity contribution in [3.8, 4) is 0 Å². The molecule has 5 rings (SSSR count). The van der Waals surface area contributed by atoms with Gasteiger partial charge in [-0.1, -0.05) is 35.1 Å². The van der Waals surface area contributed by atoms with Crippen molar-refractivity contribution in [1.29, 1.82) is 0 Å². The summed E-state index contributed by atoms with van der Waals surface area (Å²) >= 11 is 7.66. The number of fused-ring (bicyclic) bond motifs is 1. The van der Waals surface area contributed by atoms with Gasteiger partial charge in [-0.2, -0.15) is 4.31 Å². The maximum absolute atomic E-state index is 14.2. The minimum Gasteiger partial charge on any atom is -0.376 e. The third-order valence-corrected chi connectivity index (χ3v) is 9.98. The molecule has 3 aromatic rings. The molecule has 2 aromatic carbocycles. The Bertz CT molecular complexity index is 1380. The predicted molar refractivity (Wildman–Crippen MR) is 139 cm³/mol. The topological polar surface area (TPSA) is 79.8 Å². The Balaban J connectivity index is 1.36. The molecule has 36 heavy (non-hydrogen) atoms. The zero-order valence-corrected chi connectivity index (χ0v) is 22.2. The summed E-state index contributed by atoms with van der Waals surface area (Å²) in [7, 11) is -3.97. The summed E-state index contributed by atoms with van der Waals surface area (Å²) in [6.07, 6.45) is 2.47. The smallest absolute Gasteiger partial charge is 0.245 e. The van der Waals surface area contributed by atoms with Crippen LogP contribution in [0.25, 0.3) is 10.2 Å². The second-order valence-corrected chi connectivity index (χ2v) is 12.6. The number of rotatable bonds is 6. The maximum Gasteiger partial charge on any atom is 0.245 e. The highest BCUT2D eigenvalue weighted by Crippen LogP contribution is 2.35. The zero-order valence-electron chi connectivity index (χ0n) is 19.8. The van der Waals surface area contributed by atoms with Crippen molar-refractivity contribution in [3.63, 3.8) is 0 Å². The standard InChI is InChI=1S/C25H27ClFN3O4S2/c1-16-13-18(26)14-21-23(16)28-25(35-21)30(15-19-5-4-12-34-19)24(31)17-8-10-29(11-9-17)36(32,33)22-7-3-2-6-20(22)27/h2-3,6-7,13-14,17,19H,4-5,8-12,15H2,1H3. The lowest BCUT2D eigenvalue weighted by molar-refractivity contribution is -0.123. The van der Waals surface area contributed by atoms with E-state index in [9.17, 15) is 17.6 Å². The minimum atomic E-state index is -3.97. The summed E-state index contributed by atoms with van der Waals surface area (Å²) in [6.45, 7) is 3.31. The molecule has 192 valence electrons. The number of piperidine rings is 1. The normalized spacial score (nSPS) is 19.7. The van der Waals surface area contributed by atoms with Crippen molar-refractivity contribution in [2.45, 2.75) is 43.6 Å². The fourth-order valence-corrected chi connectivity index (χ4v) is 7.84.